The average Bonchev–Trinajstić information content (AvgIpc) is 3.60. The summed E-state index contributed by atoms with van der Waals surface area (Å²) in [4.78, 5) is 18.8. The summed E-state index contributed by atoms with van der Waals surface area (Å²) >= 11 is 0. The normalized spacial score (nSPS) is 14.8. The van der Waals surface area contributed by atoms with Crippen LogP contribution in [0.15, 0.2) is 64.4 Å². The fourth-order valence-electron chi connectivity index (χ4n) is 3.03. The van der Waals surface area contributed by atoms with Crippen molar-refractivity contribution in [3.05, 3.63) is 65.1 Å². The lowest BCUT2D eigenvalue weighted by atomic mass is 10.2. The Kier molecular flexibility index (Phi) is 5.79. The molecule has 4 rings (SSSR count). The molecule has 1 aliphatic rings. The maximum atomic E-state index is 12.4. The highest BCUT2D eigenvalue weighted by Gasteiger charge is 2.36. The highest BCUT2D eigenvalue weighted by atomic mass is 32.2. The highest BCUT2D eigenvalue weighted by molar-refractivity contribution is 7.92. The third kappa shape index (κ3) is 4.95. The third-order valence-corrected chi connectivity index (χ3v) is 7.05. The minimum absolute atomic E-state index is 0.169. The monoisotopic (exact) mass is 442 g/mol. The maximum Gasteiger partial charge on any atom is 0.251 e. The third-order valence-electron chi connectivity index (χ3n) is 4.77. The van der Waals surface area contributed by atoms with Crippen LogP contribution >= 0.6 is 0 Å². The van der Waals surface area contributed by atoms with Gasteiger partial charge in [-0.15, -0.1) is 0 Å². The first-order valence-electron chi connectivity index (χ1n) is 9.85. The number of aromatic nitrogens is 2. The molecule has 162 valence electrons. The number of nitrogens with zero attached hydrogens (tertiary/aromatic N) is 1. The minimum Gasteiger partial charge on any atom is -0.488 e. The van der Waals surface area contributed by atoms with Gasteiger partial charge in [0, 0.05) is 23.9 Å². The summed E-state index contributed by atoms with van der Waals surface area (Å²) in [5.41, 5.74) is 0.262. The van der Waals surface area contributed by atoms with E-state index in [1.807, 2.05) is 0 Å². The smallest absolute Gasteiger partial charge is 0.251 e. The first kappa shape index (κ1) is 21.1. The Hall–Kier alpha value is -3.17. The van der Waals surface area contributed by atoms with Crippen LogP contribution in [0.3, 0.4) is 0 Å². The Bertz CT molecular complexity index is 1230. The van der Waals surface area contributed by atoms with Crippen molar-refractivity contribution in [3.63, 3.8) is 0 Å². The molecular formula is C22H22N2O6S. The maximum absolute atomic E-state index is 12.4. The molecule has 9 heteroatoms. The second-order valence-corrected chi connectivity index (χ2v) is 9.63. The van der Waals surface area contributed by atoms with Crippen molar-refractivity contribution in [1.29, 1.82) is 0 Å². The van der Waals surface area contributed by atoms with Crippen molar-refractivity contribution in [2.75, 3.05) is 6.61 Å². The molecule has 0 radical (unpaired) electrons. The van der Waals surface area contributed by atoms with Gasteiger partial charge in [0.25, 0.3) is 5.56 Å². The number of sulfone groups is 1. The Labute approximate surface area is 179 Å². The summed E-state index contributed by atoms with van der Waals surface area (Å²) in [5.74, 6) is 1.61. The number of aliphatic hydroxyl groups excluding tert-OH is 1. The summed E-state index contributed by atoms with van der Waals surface area (Å²) in [7, 11) is -3.27. The Balaban J connectivity index is 1.64. The first-order valence-corrected chi connectivity index (χ1v) is 11.4. The lowest BCUT2D eigenvalue weighted by molar-refractivity contribution is 0.129. The molecular weight excluding hydrogens is 420 g/mol. The van der Waals surface area contributed by atoms with E-state index < -0.39 is 15.9 Å². The Morgan fingerprint density at radius 1 is 1.10 bits per heavy atom. The number of rotatable bonds is 8. The molecule has 0 saturated heterocycles. The van der Waals surface area contributed by atoms with Gasteiger partial charge in [-0.1, -0.05) is 0 Å². The summed E-state index contributed by atoms with van der Waals surface area (Å²) < 4.78 is 36.3. The summed E-state index contributed by atoms with van der Waals surface area (Å²) in [6.07, 6.45) is 2.37. The second kappa shape index (κ2) is 8.52. The van der Waals surface area contributed by atoms with Gasteiger partial charge in [-0.2, -0.15) is 0 Å². The zero-order valence-corrected chi connectivity index (χ0v) is 17.6. The number of benzene rings is 2. The van der Waals surface area contributed by atoms with Gasteiger partial charge in [0.15, 0.2) is 9.84 Å². The molecule has 1 aliphatic carbocycles. The van der Waals surface area contributed by atoms with Gasteiger partial charge in [-0.25, -0.2) is 13.4 Å². The van der Waals surface area contributed by atoms with E-state index in [-0.39, 0.29) is 22.3 Å². The van der Waals surface area contributed by atoms with Crippen LogP contribution in [0.4, 0.5) is 0 Å². The van der Waals surface area contributed by atoms with Crippen LogP contribution in [0.1, 0.15) is 19.8 Å². The molecule has 1 heterocycles. The molecule has 1 unspecified atom stereocenters. The Morgan fingerprint density at radius 3 is 2.45 bits per heavy atom. The van der Waals surface area contributed by atoms with Gasteiger partial charge in [-0.3, -0.25) is 4.79 Å². The van der Waals surface area contributed by atoms with E-state index in [1.54, 1.807) is 37.3 Å². The summed E-state index contributed by atoms with van der Waals surface area (Å²) in [5, 5.41) is 9.02. The number of hydrogen-bond donors (Lipinski definition) is 2. The number of aromatic amines is 1. The molecule has 8 nitrogen and oxygen atoms in total. The van der Waals surface area contributed by atoms with E-state index >= 15 is 0 Å². The van der Waals surface area contributed by atoms with Crippen molar-refractivity contribution in [1.82, 2.24) is 9.97 Å². The summed E-state index contributed by atoms with van der Waals surface area (Å²) in [6.45, 7) is 1.55. The van der Waals surface area contributed by atoms with Crippen LogP contribution in [-0.2, 0) is 9.84 Å². The topological polar surface area (TPSA) is 119 Å². The molecule has 2 N–H and O–H groups in total. The number of ether oxygens (including phenoxy) is 2. The van der Waals surface area contributed by atoms with Crippen LogP contribution < -0.4 is 15.0 Å². The van der Waals surface area contributed by atoms with Crippen LogP contribution in [-0.4, -0.2) is 41.5 Å². The average molecular weight is 442 g/mol. The molecule has 0 spiro atoms. The molecule has 1 atom stereocenters. The molecule has 2 aromatic carbocycles. The van der Waals surface area contributed by atoms with Gasteiger partial charge >= 0.3 is 0 Å². The van der Waals surface area contributed by atoms with E-state index in [2.05, 4.69) is 9.97 Å². The molecule has 1 fully saturated rings. The zero-order chi connectivity index (χ0) is 22.0. The molecule has 0 aliphatic heterocycles. The second-order valence-electron chi connectivity index (χ2n) is 7.40. The van der Waals surface area contributed by atoms with Gasteiger partial charge in [0.1, 0.15) is 29.2 Å². The molecule has 3 aromatic rings. The largest absolute Gasteiger partial charge is 0.488 e. The number of aliphatic hydroxyl groups is 1. The predicted octanol–water partition coefficient (Wildman–Crippen LogP) is 2.92. The number of nitrogens with one attached hydrogen (secondary N) is 1. The van der Waals surface area contributed by atoms with Crippen molar-refractivity contribution in [2.24, 2.45) is 0 Å². The van der Waals surface area contributed by atoms with Crippen molar-refractivity contribution < 1.29 is 23.0 Å². The van der Waals surface area contributed by atoms with Crippen molar-refractivity contribution >= 4 is 9.84 Å². The van der Waals surface area contributed by atoms with Crippen molar-refractivity contribution in [2.45, 2.75) is 36.0 Å². The van der Waals surface area contributed by atoms with E-state index in [0.717, 1.165) is 0 Å². The zero-order valence-electron chi connectivity index (χ0n) is 16.8. The summed E-state index contributed by atoms with van der Waals surface area (Å²) in [6, 6.07) is 12.6. The highest BCUT2D eigenvalue weighted by Crippen LogP contribution is 2.35. The van der Waals surface area contributed by atoms with Crippen LogP contribution in [0.25, 0.3) is 11.4 Å². The fraction of sp³-hybridized carbons (Fsp3) is 0.273. The van der Waals surface area contributed by atoms with Crippen LogP contribution in [0, 0.1) is 0 Å². The molecule has 31 heavy (non-hydrogen) atoms. The van der Waals surface area contributed by atoms with E-state index in [0.29, 0.717) is 41.5 Å². The van der Waals surface area contributed by atoms with Gasteiger partial charge < -0.3 is 19.6 Å². The fourth-order valence-corrected chi connectivity index (χ4v) is 4.68. The quantitative estimate of drug-likeness (QED) is 0.550. The molecule has 1 aromatic heterocycles. The SMILES string of the molecule is CC(CO)Oc1cc(Oc2ccc(S(=O)(=O)C3CC3)cc2)cc(-c2nccc(=O)[nH]2)c1. The minimum atomic E-state index is -3.27. The lowest BCUT2D eigenvalue weighted by Crippen LogP contribution is -2.16. The van der Waals surface area contributed by atoms with Gasteiger partial charge in [-0.05, 0) is 56.2 Å². The van der Waals surface area contributed by atoms with Gasteiger partial charge in [0.2, 0.25) is 0 Å². The van der Waals surface area contributed by atoms with Crippen LogP contribution in [0.5, 0.6) is 17.2 Å². The molecule has 0 bridgehead atoms. The number of H-pyrrole nitrogens is 1. The predicted molar refractivity (Wildman–Crippen MR) is 114 cm³/mol. The first-order chi connectivity index (χ1) is 14.8. The number of hydrogen-bond acceptors (Lipinski definition) is 7. The van der Waals surface area contributed by atoms with E-state index in [9.17, 15) is 18.3 Å². The van der Waals surface area contributed by atoms with Gasteiger partial charge in [0.05, 0.1) is 16.8 Å². The van der Waals surface area contributed by atoms with E-state index in [4.69, 9.17) is 9.47 Å². The van der Waals surface area contributed by atoms with E-state index in [1.165, 1.54) is 24.4 Å². The Morgan fingerprint density at radius 2 is 1.81 bits per heavy atom. The van der Waals surface area contributed by atoms with Crippen LogP contribution in [0.2, 0.25) is 0 Å². The lowest BCUT2D eigenvalue weighted by Gasteiger charge is -2.15. The molecule has 0 amide bonds. The standard InChI is InChI=1S/C22H22N2O6S/c1-14(13-25)29-17-10-15(22-23-9-8-21(26)24-22)11-18(12-17)30-16-2-4-19(5-3-16)31(27,28)20-6-7-20/h2-5,8-12,14,20,25H,6-7,13H2,1H3,(H,23,24,26). The molecule has 1 saturated carbocycles. The van der Waals surface area contributed by atoms with Crippen molar-refractivity contribution in [3.8, 4) is 28.6 Å².